The number of benzene rings is 2. The highest BCUT2D eigenvalue weighted by Crippen LogP contribution is 2.40. The molecule has 0 saturated carbocycles. The van der Waals surface area contributed by atoms with E-state index in [2.05, 4.69) is 15.6 Å². The Hall–Kier alpha value is -4.07. The predicted molar refractivity (Wildman–Crippen MR) is 164 cm³/mol. The van der Waals surface area contributed by atoms with Gasteiger partial charge in [-0.25, -0.2) is 27.0 Å². The van der Waals surface area contributed by atoms with Crippen molar-refractivity contribution in [2.24, 2.45) is 0 Å². The van der Waals surface area contributed by atoms with Gasteiger partial charge in [-0.3, -0.25) is 10.1 Å². The van der Waals surface area contributed by atoms with Gasteiger partial charge in [-0.1, -0.05) is 29.8 Å². The highest BCUT2D eigenvalue weighted by Gasteiger charge is 2.49. The van der Waals surface area contributed by atoms with Gasteiger partial charge in [0.2, 0.25) is 15.9 Å². The van der Waals surface area contributed by atoms with Crippen LogP contribution < -0.4 is 15.4 Å². The summed E-state index contributed by atoms with van der Waals surface area (Å²) in [6.45, 7) is 3.85. The molecule has 2 aliphatic heterocycles. The number of rotatable bonds is 8. The topological polar surface area (TPSA) is 127 Å². The molecule has 1 fully saturated rings. The molecule has 0 radical (unpaired) electrons. The molecule has 0 spiro atoms. The van der Waals surface area contributed by atoms with Crippen LogP contribution in [0.2, 0.25) is 5.02 Å². The molecule has 3 heterocycles. The summed E-state index contributed by atoms with van der Waals surface area (Å²) in [5.74, 6) is -2.52. The van der Waals surface area contributed by atoms with Crippen molar-refractivity contribution < 1.29 is 36.3 Å². The van der Waals surface area contributed by atoms with Crippen molar-refractivity contribution >= 4 is 39.4 Å². The fourth-order valence-corrected chi connectivity index (χ4v) is 6.46. The Morgan fingerprint density at radius 2 is 1.84 bits per heavy atom. The van der Waals surface area contributed by atoms with Crippen molar-refractivity contribution in [3.63, 3.8) is 0 Å². The summed E-state index contributed by atoms with van der Waals surface area (Å²) in [6.07, 6.45) is 3.96. The first kappa shape index (κ1) is 32.3. The summed E-state index contributed by atoms with van der Waals surface area (Å²) < 4.78 is 63.5. The second-order valence-corrected chi connectivity index (χ2v) is 14.1. The fraction of sp³-hybridized carbons (Fsp3) is 0.323. The van der Waals surface area contributed by atoms with Gasteiger partial charge < -0.3 is 14.8 Å². The molecule has 1 atom stereocenters. The van der Waals surface area contributed by atoms with Crippen LogP contribution in [0.1, 0.15) is 31.9 Å². The zero-order valence-corrected chi connectivity index (χ0v) is 26.2. The summed E-state index contributed by atoms with van der Waals surface area (Å²) in [6, 6.07) is 12.9. The van der Waals surface area contributed by atoms with Crippen LogP contribution in [0.5, 0.6) is 5.75 Å². The van der Waals surface area contributed by atoms with Crippen molar-refractivity contribution in [1.29, 1.82) is 0 Å². The molecule has 14 heteroatoms. The van der Waals surface area contributed by atoms with E-state index in [1.54, 1.807) is 57.2 Å². The van der Waals surface area contributed by atoms with Crippen molar-refractivity contribution in [3.8, 4) is 16.9 Å². The Kier molecular flexibility index (Phi) is 8.89. The number of ether oxygens (including phenoxy) is 2. The van der Waals surface area contributed by atoms with Crippen LogP contribution in [0.15, 0.2) is 71.8 Å². The Morgan fingerprint density at radius 3 is 2.47 bits per heavy atom. The monoisotopic (exact) mass is 660 g/mol. The van der Waals surface area contributed by atoms with Crippen molar-refractivity contribution in [2.45, 2.75) is 56.3 Å². The van der Waals surface area contributed by atoms with E-state index < -0.39 is 46.8 Å². The number of alkyl halides is 2. The molecule has 0 bridgehead atoms. The van der Waals surface area contributed by atoms with Crippen LogP contribution in [0, 0.1) is 0 Å². The van der Waals surface area contributed by atoms with Crippen LogP contribution in [-0.2, 0) is 32.5 Å². The summed E-state index contributed by atoms with van der Waals surface area (Å²) in [5, 5.41) is 5.67. The van der Waals surface area contributed by atoms with Gasteiger partial charge in [-0.2, -0.15) is 4.31 Å². The van der Waals surface area contributed by atoms with Crippen LogP contribution >= 0.6 is 11.6 Å². The fourth-order valence-electron chi connectivity index (χ4n) is 4.68. The molecule has 10 nitrogen and oxygen atoms in total. The second kappa shape index (κ2) is 12.4. The van der Waals surface area contributed by atoms with E-state index in [1.807, 2.05) is 6.07 Å². The lowest BCUT2D eigenvalue weighted by molar-refractivity contribution is -0.116. The molecule has 1 aromatic heterocycles. The number of fused-ring (bicyclic) bond motifs is 1. The van der Waals surface area contributed by atoms with Gasteiger partial charge in [0.15, 0.2) is 0 Å². The first-order chi connectivity index (χ1) is 21.1. The molecule has 1 unspecified atom stereocenters. The van der Waals surface area contributed by atoms with Gasteiger partial charge in [-0.15, -0.1) is 0 Å². The molecule has 3 aromatic rings. The van der Waals surface area contributed by atoms with Gasteiger partial charge in [0.25, 0.3) is 5.92 Å². The Bertz CT molecular complexity index is 1740. The number of anilines is 1. The van der Waals surface area contributed by atoms with E-state index in [-0.39, 0.29) is 17.3 Å². The standard InChI is InChI=1S/C31H31ClF2N4O6S/c1-30(2,3)44-29(40)37-26-10-4-19(15-35-26)16-36-27(39)11-7-23-13-22-12-21(14-25(32)28(22)43-23)20-5-8-24(9-6-20)45(41,42)38-17-31(33,34)18-38/h4-12,14-15,23H,13,16-18H2,1-3H3,(H,36,39)(H,35,37,40)/b11-7+. The van der Waals surface area contributed by atoms with Crippen molar-refractivity contribution in [3.05, 3.63) is 83.0 Å². The minimum atomic E-state index is -4.00. The van der Waals surface area contributed by atoms with E-state index in [0.29, 0.717) is 28.6 Å². The third-order valence-electron chi connectivity index (χ3n) is 6.83. The molecule has 2 amide bonds. The van der Waals surface area contributed by atoms with Crippen LogP contribution in [0.4, 0.5) is 19.4 Å². The van der Waals surface area contributed by atoms with E-state index in [4.69, 9.17) is 21.1 Å². The number of pyridine rings is 1. The molecule has 5 rings (SSSR count). The number of amides is 2. The third kappa shape index (κ3) is 7.96. The number of aromatic nitrogens is 1. The quantitative estimate of drug-likeness (QED) is 0.303. The number of nitrogens with zero attached hydrogens (tertiary/aromatic N) is 2. The maximum atomic E-state index is 13.2. The first-order valence-corrected chi connectivity index (χ1v) is 15.8. The number of hydrogen-bond donors (Lipinski definition) is 2. The zero-order chi connectivity index (χ0) is 32.6. The van der Waals surface area contributed by atoms with E-state index in [9.17, 15) is 26.8 Å². The summed E-state index contributed by atoms with van der Waals surface area (Å²) in [5.41, 5.74) is 2.33. The van der Waals surface area contributed by atoms with Gasteiger partial charge in [0, 0.05) is 30.8 Å². The highest BCUT2D eigenvalue weighted by molar-refractivity contribution is 7.89. The molecule has 2 aromatic carbocycles. The SMILES string of the molecule is CC(C)(C)OC(=O)Nc1ccc(CNC(=O)/C=C/C2Cc3cc(-c4ccc(S(=O)(=O)N5CC(F)(F)C5)cc4)cc(Cl)c3O2)cn1. The largest absolute Gasteiger partial charge is 0.484 e. The first-order valence-electron chi connectivity index (χ1n) is 14.0. The zero-order valence-electron chi connectivity index (χ0n) is 24.6. The summed E-state index contributed by atoms with van der Waals surface area (Å²) in [4.78, 5) is 28.4. The van der Waals surface area contributed by atoms with Crippen molar-refractivity contribution in [1.82, 2.24) is 14.6 Å². The lowest BCUT2D eigenvalue weighted by Crippen LogP contribution is -2.58. The van der Waals surface area contributed by atoms with Crippen LogP contribution in [0.3, 0.4) is 0 Å². The lowest BCUT2D eigenvalue weighted by atomic mass is 10.0. The minimum absolute atomic E-state index is 0.0655. The lowest BCUT2D eigenvalue weighted by Gasteiger charge is -2.37. The second-order valence-electron chi connectivity index (χ2n) is 11.7. The van der Waals surface area contributed by atoms with Gasteiger partial charge in [0.1, 0.15) is 23.3 Å². The van der Waals surface area contributed by atoms with E-state index in [0.717, 1.165) is 21.0 Å². The Labute approximate surface area is 264 Å². The third-order valence-corrected chi connectivity index (χ3v) is 8.92. The summed E-state index contributed by atoms with van der Waals surface area (Å²) in [7, 11) is -4.00. The maximum absolute atomic E-state index is 13.2. The average molecular weight is 661 g/mol. The minimum Gasteiger partial charge on any atom is -0.484 e. The van der Waals surface area contributed by atoms with Crippen LogP contribution in [-0.4, -0.2) is 60.4 Å². The predicted octanol–water partition coefficient (Wildman–Crippen LogP) is 5.56. The molecule has 45 heavy (non-hydrogen) atoms. The highest BCUT2D eigenvalue weighted by atomic mass is 35.5. The number of carbonyl (C=O) groups is 2. The van der Waals surface area contributed by atoms with Gasteiger partial charge in [-0.05, 0) is 73.9 Å². The number of carbonyl (C=O) groups excluding carboxylic acids is 2. The van der Waals surface area contributed by atoms with Gasteiger partial charge in [0.05, 0.1) is 23.0 Å². The average Bonchev–Trinajstić information content (AvgIpc) is 3.37. The Balaban J connectivity index is 1.14. The number of hydrogen-bond acceptors (Lipinski definition) is 7. The maximum Gasteiger partial charge on any atom is 0.413 e. The molecular formula is C31H31ClF2N4O6S. The molecule has 2 N–H and O–H groups in total. The number of halogens is 3. The number of nitrogens with one attached hydrogen (secondary N) is 2. The van der Waals surface area contributed by atoms with Crippen molar-refractivity contribution in [2.75, 3.05) is 18.4 Å². The smallest absolute Gasteiger partial charge is 0.413 e. The Morgan fingerprint density at radius 1 is 1.13 bits per heavy atom. The summed E-state index contributed by atoms with van der Waals surface area (Å²) >= 11 is 6.50. The molecule has 1 saturated heterocycles. The van der Waals surface area contributed by atoms with Crippen LogP contribution in [0.25, 0.3) is 11.1 Å². The van der Waals surface area contributed by atoms with E-state index >= 15 is 0 Å². The van der Waals surface area contributed by atoms with E-state index in [1.165, 1.54) is 24.4 Å². The molecular weight excluding hydrogens is 630 g/mol. The molecule has 0 aliphatic carbocycles. The normalized spacial score (nSPS) is 17.7. The molecule has 238 valence electrons. The molecule has 2 aliphatic rings. The van der Waals surface area contributed by atoms with Gasteiger partial charge >= 0.3 is 6.09 Å². The number of sulfonamides is 1.